The number of anilines is 1. The number of aromatic nitrogens is 3. The van der Waals surface area contributed by atoms with E-state index in [9.17, 15) is 4.79 Å². The fraction of sp³-hybridized carbons (Fsp3) is 0.238. The van der Waals surface area contributed by atoms with Crippen LogP contribution in [0, 0.1) is 6.92 Å². The number of thioether (sulfide) groups is 1. The summed E-state index contributed by atoms with van der Waals surface area (Å²) in [5.74, 6) is 1.09. The van der Waals surface area contributed by atoms with Gasteiger partial charge in [-0.15, -0.1) is 10.2 Å². The summed E-state index contributed by atoms with van der Waals surface area (Å²) in [5.41, 5.74) is 4.04. The van der Waals surface area contributed by atoms with Gasteiger partial charge >= 0.3 is 0 Å². The van der Waals surface area contributed by atoms with Crippen molar-refractivity contribution in [3.8, 4) is 17.1 Å². The largest absolute Gasteiger partial charge is 0.447 e. The van der Waals surface area contributed by atoms with E-state index in [4.69, 9.17) is 4.74 Å². The Balaban J connectivity index is 1.93. The molecule has 1 aliphatic rings. The number of rotatable bonds is 3. The second-order valence-electron chi connectivity index (χ2n) is 6.47. The van der Waals surface area contributed by atoms with Gasteiger partial charge in [0.2, 0.25) is 23.2 Å². The molecule has 1 aromatic heterocycles. The number of benzene rings is 2. The van der Waals surface area contributed by atoms with Gasteiger partial charge in [-0.05, 0) is 18.7 Å². The molecule has 1 atom stereocenters. The standard InChI is InChI=1S/C21H20N4O2S/c1-4-28-21-22-19-18(23-24-21)16-7-5-6-8-17(16)25(14(3)26)20(27-19)15-11-9-13(2)10-12-15/h5-12,20H,4H2,1-3H3/t20-/m0/s1. The van der Waals surface area contributed by atoms with E-state index in [1.54, 1.807) is 4.90 Å². The molecule has 0 N–H and O–H groups in total. The van der Waals surface area contributed by atoms with Crippen molar-refractivity contribution in [2.45, 2.75) is 32.2 Å². The fourth-order valence-corrected chi connectivity index (χ4v) is 3.70. The van der Waals surface area contributed by atoms with E-state index in [0.29, 0.717) is 16.7 Å². The average Bonchev–Trinajstić information content (AvgIpc) is 2.83. The molecule has 6 nitrogen and oxygen atoms in total. The summed E-state index contributed by atoms with van der Waals surface area (Å²) in [7, 11) is 0. The van der Waals surface area contributed by atoms with Crippen LogP contribution in [0.1, 0.15) is 31.2 Å². The summed E-state index contributed by atoms with van der Waals surface area (Å²) in [4.78, 5) is 18.9. The molecule has 28 heavy (non-hydrogen) atoms. The highest BCUT2D eigenvalue weighted by atomic mass is 32.2. The van der Waals surface area contributed by atoms with Crippen molar-refractivity contribution < 1.29 is 9.53 Å². The van der Waals surface area contributed by atoms with E-state index in [1.165, 1.54) is 18.7 Å². The van der Waals surface area contributed by atoms with Crippen LogP contribution in [0.2, 0.25) is 0 Å². The Morgan fingerprint density at radius 1 is 1.14 bits per heavy atom. The third kappa shape index (κ3) is 3.33. The molecule has 1 amide bonds. The summed E-state index contributed by atoms with van der Waals surface area (Å²) < 4.78 is 6.30. The van der Waals surface area contributed by atoms with Crippen LogP contribution >= 0.6 is 11.8 Å². The van der Waals surface area contributed by atoms with Crippen LogP contribution in [0.5, 0.6) is 5.88 Å². The zero-order chi connectivity index (χ0) is 19.7. The number of carbonyl (C=O) groups excluding carboxylic acids is 1. The zero-order valence-corrected chi connectivity index (χ0v) is 16.7. The molecule has 0 fully saturated rings. The van der Waals surface area contributed by atoms with Crippen molar-refractivity contribution in [1.82, 2.24) is 15.2 Å². The summed E-state index contributed by atoms with van der Waals surface area (Å²) in [6.07, 6.45) is -0.642. The number of fused-ring (bicyclic) bond motifs is 3. The molecule has 3 aromatic rings. The van der Waals surface area contributed by atoms with Crippen LogP contribution in [0.4, 0.5) is 5.69 Å². The highest BCUT2D eigenvalue weighted by Crippen LogP contribution is 2.43. The van der Waals surface area contributed by atoms with Gasteiger partial charge in [0.25, 0.3) is 0 Å². The normalized spacial score (nSPS) is 15.2. The van der Waals surface area contributed by atoms with E-state index >= 15 is 0 Å². The molecule has 7 heteroatoms. The Hall–Kier alpha value is -2.93. The van der Waals surface area contributed by atoms with Crippen molar-refractivity contribution in [2.24, 2.45) is 0 Å². The lowest BCUT2D eigenvalue weighted by molar-refractivity contribution is -0.118. The quantitative estimate of drug-likeness (QED) is 0.615. The molecule has 0 radical (unpaired) electrons. The maximum atomic E-state index is 12.7. The maximum absolute atomic E-state index is 12.7. The summed E-state index contributed by atoms with van der Waals surface area (Å²) in [6.45, 7) is 5.59. The van der Waals surface area contributed by atoms with Gasteiger partial charge in [0.05, 0.1) is 5.69 Å². The van der Waals surface area contributed by atoms with Crippen molar-refractivity contribution in [2.75, 3.05) is 10.7 Å². The van der Waals surface area contributed by atoms with Gasteiger partial charge in [-0.1, -0.05) is 66.7 Å². The molecular weight excluding hydrogens is 372 g/mol. The lowest BCUT2D eigenvalue weighted by Gasteiger charge is -2.29. The van der Waals surface area contributed by atoms with Crippen LogP contribution in [0.25, 0.3) is 11.3 Å². The van der Waals surface area contributed by atoms with E-state index in [-0.39, 0.29) is 5.91 Å². The number of hydrogen-bond acceptors (Lipinski definition) is 6. The first-order valence-corrected chi connectivity index (χ1v) is 10.1. The van der Waals surface area contributed by atoms with Crippen molar-refractivity contribution >= 4 is 23.4 Å². The third-order valence-corrected chi connectivity index (χ3v) is 5.21. The van der Waals surface area contributed by atoms with Crippen LogP contribution in [0.3, 0.4) is 0 Å². The van der Waals surface area contributed by atoms with Gasteiger partial charge < -0.3 is 4.74 Å². The number of ether oxygens (including phenoxy) is 1. The van der Waals surface area contributed by atoms with Gasteiger partial charge in [0.15, 0.2) is 5.69 Å². The lowest BCUT2D eigenvalue weighted by Crippen LogP contribution is -2.36. The molecule has 0 unspecified atom stereocenters. The van der Waals surface area contributed by atoms with E-state index in [0.717, 1.165) is 28.1 Å². The number of hydrogen-bond donors (Lipinski definition) is 0. The van der Waals surface area contributed by atoms with Crippen LogP contribution in [0.15, 0.2) is 53.7 Å². The second kappa shape index (κ2) is 7.59. The maximum Gasteiger partial charge on any atom is 0.247 e. The monoisotopic (exact) mass is 392 g/mol. The minimum atomic E-state index is -0.642. The Morgan fingerprint density at radius 3 is 2.61 bits per heavy atom. The number of nitrogens with zero attached hydrogens (tertiary/aromatic N) is 4. The molecule has 0 spiro atoms. The van der Waals surface area contributed by atoms with Gasteiger partial charge in [0.1, 0.15) is 0 Å². The van der Waals surface area contributed by atoms with E-state index < -0.39 is 6.23 Å². The SMILES string of the molecule is CCSc1nnc2c(n1)O[C@@H](c1ccc(C)cc1)N(C(C)=O)c1ccccc1-2. The van der Waals surface area contributed by atoms with Gasteiger partial charge in [-0.2, -0.15) is 4.98 Å². The predicted octanol–water partition coefficient (Wildman–Crippen LogP) is 4.40. The molecular formula is C21H20N4O2S. The van der Waals surface area contributed by atoms with Crippen LogP contribution in [-0.2, 0) is 4.79 Å². The van der Waals surface area contributed by atoms with Crippen molar-refractivity contribution in [3.63, 3.8) is 0 Å². The second-order valence-corrected chi connectivity index (χ2v) is 7.70. The smallest absolute Gasteiger partial charge is 0.247 e. The predicted molar refractivity (Wildman–Crippen MR) is 109 cm³/mol. The summed E-state index contributed by atoms with van der Waals surface area (Å²) in [6, 6.07) is 15.6. The van der Waals surface area contributed by atoms with Crippen molar-refractivity contribution in [3.05, 3.63) is 59.7 Å². The molecule has 0 aliphatic carbocycles. The first-order valence-electron chi connectivity index (χ1n) is 9.08. The Morgan fingerprint density at radius 2 is 1.89 bits per heavy atom. The van der Waals surface area contributed by atoms with E-state index in [1.807, 2.05) is 62.4 Å². The molecule has 0 saturated heterocycles. The number of amides is 1. The lowest BCUT2D eigenvalue weighted by atomic mass is 10.1. The molecule has 0 saturated carbocycles. The molecule has 0 bridgehead atoms. The third-order valence-electron chi connectivity index (χ3n) is 4.49. The molecule has 4 rings (SSSR count). The minimum Gasteiger partial charge on any atom is -0.447 e. The van der Waals surface area contributed by atoms with Crippen LogP contribution < -0.4 is 9.64 Å². The number of carbonyl (C=O) groups is 1. The molecule has 142 valence electrons. The summed E-state index contributed by atoms with van der Waals surface area (Å²) >= 11 is 1.50. The molecule has 1 aliphatic heterocycles. The van der Waals surface area contributed by atoms with Crippen LogP contribution in [-0.4, -0.2) is 26.8 Å². The Kier molecular flexibility index (Phi) is 5.00. The average molecular weight is 392 g/mol. The van der Waals surface area contributed by atoms with E-state index in [2.05, 4.69) is 15.2 Å². The van der Waals surface area contributed by atoms with Gasteiger partial charge in [0, 0.05) is 18.1 Å². The first-order chi connectivity index (χ1) is 13.6. The molecule has 2 heterocycles. The fourth-order valence-electron chi connectivity index (χ4n) is 3.19. The van der Waals surface area contributed by atoms with Gasteiger partial charge in [-0.3, -0.25) is 9.69 Å². The van der Waals surface area contributed by atoms with Crippen molar-refractivity contribution in [1.29, 1.82) is 0 Å². The highest BCUT2D eigenvalue weighted by Gasteiger charge is 2.34. The number of para-hydroxylation sites is 1. The summed E-state index contributed by atoms with van der Waals surface area (Å²) in [5, 5.41) is 9.15. The zero-order valence-electron chi connectivity index (χ0n) is 15.9. The molecule has 2 aromatic carbocycles. The highest BCUT2D eigenvalue weighted by molar-refractivity contribution is 7.99. The topological polar surface area (TPSA) is 68.2 Å². The Labute approximate surface area is 168 Å². The van der Waals surface area contributed by atoms with Gasteiger partial charge in [-0.25, -0.2) is 0 Å². The Bertz CT molecular complexity index is 1020. The number of aryl methyl sites for hydroxylation is 1. The first kappa shape index (κ1) is 18.4. The minimum absolute atomic E-state index is 0.123.